The summed E-state index contributed by atoms with van der Waals surface area (Å²) in [5.74, 6) is -3.66. The molecule has 0 radical (unpaired) electrons. The number of aliphatic hydroxyl groups is 3. The van der Waals surface area contributed by atoms with E-state index >= 15 is 0 Å². The van der Waals surface area contributed by atoms with Gasteiger partial charge in [0.15, 0.2) is 5.79 Å². The molecule has 0 aromatic rings. The lowest BCUT2D eigenvalue weighted by Crippen LogP contribution is -2.55. The number of aliphatic hydroxyl groups excluding tert-OH is 2. The first-order valence-corrected chi connectivity index (χ1v) is 13.8. The van der Waals surface area contributed by atoms with Gasteiger partial charge < -0.3 is 29.7 Å². The summed E-state index contributed by atoms with van der Waals surface area (Å²) >= 11 is 0. The quantitative estimate of drug-likeness (QED) is 0.258. The number of halogens is 1. The Bertz CT molecular complexity index is 949. The number of carbonyl (C=O) groups excluding carboxylic acids is 2. The highest BCUT2D eigenvalue weighted by molar-refractivity contribution is 5.85. The first-order valence-electron chi connectivity index (χ1n) is 13.8. The molecule has 0 saturated carbocycles. The largest absolute Gasteiger partial charge is 0.457 e. The number of likely N-dealkylation sites (tertiary alicyclic amines) is 1. The van der Waals surface area contributed by atoms with Crippen LogP contribution in [-0.2, 0) is 19.1 Å². The number of carbonyl (C=O) groups is 2. The third kappa shape index (κ3) is 7.52. The average Bonchev–Trinajstić information content (AvgIpc) is 2.85. The Kier molecular flexibility index (Phi) is 10.3. The number of hydrogen-bond donors (Lipinski definition) is 3. The molecule has 9 heteroatoms. The number of ether oxygens (including phenoxy) is 2. The van der Waals surface area contributed by atoms with Gasteiger partial charge in [-0.15, -0.1) is 0 Å². The summed E-state index contributed by atoms with van der Waals surface area (Å²) < 4.78 is 25.2. The molecule has 1 amide bonds. The van der Waals surface area contributed by atoms with Crippen LogP contribution in [0.3, 0.4) is 0 Å². The average molecular weight is 538 g/mol. The van der Waals surface area contributed by atoms with Crippen molar-refractivity contribution in [3.8, 4) is 0 Å². The van der Waals surface area contributed by atoms with Crippen molar-refractivity contribution in [2.45, 2.75) is 110 Å². The number of rotatable bonds is 7. The Morgan fingerprint density at radius 1 is 1.21 bits per heavy atom. The molecule has 0 aromatic heterocycles. The molecule has 8 nitrogen and oxygen atoms in total. The van der Waals surface area contributed by atoms with Gasteiger partial charge in [-0.2, -0.15) is 0 Å². The predicted molar refractivity (Wildman–Crippen MR) is 140 cm³/mol. The molecule has 2 saturated heterocycles. The van der Waals surface area contributed by atoms with Crippen LogP contribution in [-0.4, -0.2) is 75.1 Å². The van der Waals surface area contributed by atoms with Gasteiger partial charge in [-0.05, 0) is 64.4 Å². The summed E-state index contributed by atoms with van der Waals surface area (Å²) in [5.41, 5.74) is 1.76. The van der Waals surface area contributed by atoms with Crippen molar-refractivity contribution in [2.75, 3.05) is 6.54 Å². The predicted octanol–water partition coefficient (Wildman–Crippen LogP) is 3.56. The molecule has 38 heavy (non-hydrogen) atoms. The summed E-state index contributed by atoms with van der Waals surface area (Å²) in [5, 5.41) is 30.5. The summed E-state index contributed by atoms with van der Waals surface area (Å²) in [7, 11) is 0. The van der Waals surface area contributed by atoms with E-state index in [1.54, 1.807) is 26.8 Å². The van der Waals surface area contributed by atoms with Crippen LogP contribution in [0.15, 0.2) is 35.5 Å². The maximum atomic E-state index is 14.2. The molecule has 2 fully saturated rings. The van der Waals surface area contributed by atoms with Gasteiger partial charge in [0, 0.05) is 18.4 Å². The van der Waals surface area contributed by atoms with E-state index in [-0.39, 0.29) is 11.8 Å². The van der Waals surface area contributed by atoms with Crippen LogP contribution in [0, 0.1) is 17.8 Å². The molecular formula is C29H44FNO7. The first-order chi connectivity index (χ1) is 17.8. The Balaban J connectivity index is 1.62. The van der Waals surface area contributed by atoms with Gasteiger partial charge in [-0.3, -0.25) is 4.79 Å². The lowest BCUT2D eigenvalue weighted by atomic mass is 9.85. The van der Waals surface area contributed by atoms with Crippen LogP contribution in [0.4, 0.5) is 4.39 Å². The molecular weight excluding hydrogens is 493 g/mol. The summed E-state index contributed by atoms with van der Waals surface area (Å²) in [6.07, 6.45) is 5.93. The van der Waals surface area contributed by atoms with E-state index in [2.05, 4.69) is 0 Å². The van der Waals surface area contributed by atoms with Crippen LogP contribution in [0.2, 0.25) is 0 Å². The smallest absolute Gasteiger partial charge is 0.329 e. The molecule has 3 aliphatic rings. The Morgan fingerprint density at radius 2 is 1.92 bits per heavy atom. The van der Waals surface area contributed by atoms with Crippen molar-refractivity contribution < 1.29 is 38.8 Å². The fraction of sp³-hybridized carbons (Fsp3) is 0.724. The third-order valence-electron chi connectivity index (χ3n) is 8.09. The molecule has 0 bridgehead atoms. The van der Waals surface area contributed by atoms with Crippen molar-refractivity contribution in [1.29, 1.82) is 0 Å². The molecule has 2 heterocycles. The van der Waals surface area contributed by atoms with Gasteiger partial charge in [-0.1, -0.05) is 43.7 Å². The summed E-state index contributed by atoms with van der Waals surface area (Å²) in [4.78, 5) is 27.8. The molecule has 0 spiro atoms. The topological polar surface area (TPSA) is 117 Å². The van der Waals surface area contributed by atoms with Gasteiger partial charge in [0.2, 0.25) is 12.3 Å². The van der Waals surface area contributed by atoms with Crippen LogP contribution in [0.1, 0.15) is 73.1 Å². The first kappa shape index (κ1) is 30.5. The van der Waals surface area contributed by atoms with E-state index in [1.165, 1.54) is 4.90 Å². The van der Waals surface area contributed by atoms with E-state index in [4.69, 9.17) is 9.47 Å². The zero-order valence-electron chi connectivity index (χ0n) is 23.2. The normalized spacial score (nSPS) is 37.6. The highest BCUT2D eigenvalue weighted by Crippen LogP contribution is 2.39. The minimum Gasteiger partial charge on any atom is -0.457 e. The fourth-order valence-electron chi connectivity index (χ4n) is 5.50. The highest BCUT2D eigenvalue weighted by Gasteiger charge is 2.47. The van der Waals surface area contributed by atoms with E-state index < -0.39 is 60.7 Å². The van der Waals surface area contributed by atoms with Crippen LogP contribution < -0.4 is 0 Å². The van der Waals surface area contributed by atoms with Crippen molar-refractivity contribution in [1.82, 2.24) is 4.90 Å². The van der Waals surface area contributed by atoms with Crippen molar-refractivity contribution >= 4 is 11.9 Å². The van der Waals surface area contributed by atoms with Crippen LogP contribution >= 0.6 is 0 Å². The SMILES string of the molecule is CC(=C\C1C=CC(O)C(O)C1)/C=C(\C)C(C)OC(=O)C1CCCCN1C(=O)CC1(O)OC(F)C(C)CC1C. The molecule has 9 atom stereocenters. The highest BCUT2D eigenvalue weighted by atomic mass is 19.1. The number of alkyl halides is 1. The number of hydrogen-bond acceptors (Lipinski definition) is 7. The van der Waals surface area contributed by atoms with Gasteiger partial charge in [-0.25, -0.2) is 9.18 Å². The molecule has 3 rings (SSSR count). The van der Waals surface area contributed by atoms with E-state index in [9.17, 15) is 29.3 Å². The summed E-state index contributed by atoms with van der Waals surface area (Å²) in [6.45, 7) is 9.36. The monoisotopic (exact) mass is 537 g/mol. The maximum Gasteiger partial charge on any atom is 0.329 e. The standard InChI is InChI=1S/C29H44FNO7/c1-17(13-22-9-10-24(32)25(33)15-22)12-18(2)21(5)37-28(35)23-8-6-7-11-31(23)26(34)16-29(36)20(4)14-19(3)27(30)38-29/h9-10,12-13,19-25,27,32-33,36H,6-8,11,14-16H2,1-5H3/b17-13+,18-12+. The minimum atomic E-state index is -1.91. The lowest BCUT2D eigenvalue weighted by Gasteiger charge is -2.43. The van der Waals surface area contributed by atoms with E-state index in [1.807, 2.05) is 32.1 Å². The number of esters is 1. The molecule has 9 unspecified atom stereocenters. The summed E-state index contributed by atoms with van der Waals surface area (Å²) in [6, 6.07) is -0.772. The molecule has 0 aromatic carbocycles. The van der Waals surface area contributed by atoms with E-state index in [0.717, 1.165) is 24.0 Å². The van der Waals surface area contributed by atoms with E-state index in [0.29, 0.717) is 25.8 Å². The van der Waals surface area contributed by atoms with Gasteiger partial charge in [0.05, 0.1) is 18.6 Å². The molecule has 2 aliphatic heterocycles. The molecule has 214 valence electrons. The Labute approximate surface area is 225 Å². The lowest BCUT2D eigenvalue weighted by molar-refractivity contribution is -0.319. The maximum absolute atomic E-state index is 14.2. The van der Waals surface area contributed by atoms with Crippen LogP contribution in [0.25, 0.3) is 0 Å². The fourth-order valence-corrected chi connectivity index (χ4v) is 5.50. The number of piperidine rings is 1. The second-order valence-electron chi connectivity index (χ2n) is 11.4. The number of nitrogens with zero attached hydrogens (tertiary/aromatic N) is 1. The van der Waals surface area contributed by atoms with Crippen molar-refractivity contribution in [3.05, 3.63) is 35.5 Å². The zero-order valence-corrected chi connectivity index (χ0v) is 23.2. The Morgan fingerprint density at radius 3 is 2.61 bits per heavy atom. The van der Waals surface area contributed by atoms with Crippen molar-refractivity contribution in [2.24, 2.45) is 17.8 Å². The second kappa shape index (κ2) is 12.9. The van der Waals surface area contributed by atoms with Crippen molar-refractivity contribution in [3.63, 3.8) is 0 Å². The van der Waals surface area contributed by atoms with Gasteiger partial charge in [0.1, 0.15) is 12.1 Å². The number of allylic oxidation sites excluding steroid dienone is 4. The van der Waals surface area contributed by atoms with Gasteiger partial charge in [0.25, 0.3) is 0 Å². The van der Waals surface area contributed by atoms with Crippen LogP contribution in [0.5, 0.6) is 0 Å². The molecule has 1 aliphatic carbocycles. The Hall–Kier alpha value is -2.07. The second-order valence-corrected chi connectivity index (χ2v) is 11.4. The minimum absolute atomic E-state index is 0.00122. The van der Waals surface area contributed by atoms with Gasteiger partial charge >= 0.3 is 5.97 Å². The molecule has 3 N–H and O–H groups in total. The zero-order chi connectivity index (χ0) is 28.2. The number of amides is 1. The third-order valence-corrected chi connectivity index (χ3v) is 8.09.